The van der Waals surface area contributed by atoms with Gasteiger partial charge in [0.1, 0.15) is 0 Å². The van der Waals surface area contributed by atoms with Gasteiger partial charge < -0.3 is 4.74 Å². The Balaban J connectivity index is 1.49. The summed E-state index contributed by atoms with van der Waals surface area (Å²) in [6, 6.07) is 2.69. The van der Waals surface area contributed by atoms with Crippen molar-refractivity contribution in [2.45, 2.75) is 51.0 Å². The molecule has 1 saturated heterocycles. The molecular weight excluding hydrogens is 270 g/mol. The van der Waals surface area contributed by atoms with Crippen molar-refractivity contribution in [2.75, 3.05) is 6.61 Å². The van der Waals surface area contributed by atoms with Crippen LogP contribution in [0.1, 0.15) is 18.5 Å². The summed E-state index contributed by atoms with van der Waals surface area (Å²) in [6.07, 6.45) is 4.54. The predicted octanol–water partition coefficient (Wildman–Crippen LogP) is 2.11. The van der Waals surface area contributed by atoms with Gasteiger partial charge >= 0.3 is 5.97 Å². The molecule has 0 aliphatic carbocycles. The van der Waals surface area contributed by atoms with Gasteiger partial charge in [-0.2, -0.15) is 0 Å². The van der Waals surface area contributed by atoms with Crippen LogP contribution in [0.25, 0.3) is 0 Å². The molecule has 1 aromatic rings. The first kappa shape index (κ1) is 13.8. The highest BCUT2D eigenvalue weighted by Gasteiger charge is 2.34. The summed E-state index contributed by atoms with van der Waals surface area (Å²) in [7, 11) is -0.964. The Kier molecular flexibility index (Phi) is 3.66. The molecule has 1 fully saturated rings. The van der Waals surface area contributed by atoms with Crippen molar-refractivity contribution in [3.05, 3.63) is 11.9 Å². The minimum Gasteiger partial charge on any atom is -0.465 e. The lowest BCUT2D eigenvalue weighted by atomic mass is 9.97. The third kappa shape index (κ3) is 2.95. The van der Waals surface area contributed by atoms with E-state index < -0.39 is 8.07 Å². The normalized spacial score (nSPS) is 28.1. The van der Waals surface area contributed by atoms with E-state index in [1.807, 2.05) is 4.68 Å². The second-order valence-corrected chi connectivity index (χ2v) is 12.3. The zero-order valence-corrected chi connectivity index (χ0v) is 13.3. The van der Waals surface area contributed by atoms with Crippen LogP contribution >= 0.6 is 0 Å². The average molecular weight is 293 g/mol. The van der Waals surface area contributed by atoms with Crippen molar-refractivity contribution < 1.29 is 9.53 Å². The fourth-order valence-electron chi connectivity index (χ4n) is 3.50. The van der Waals surface area contributed by atoms with Gasteiger partial charge in [-0.3, -0.25) is 4.79 Å². The van der Waals surface area contributed by atoms with E-state index in [0.717, 1.165) is 25.1 Å². The summed E-state index contributed by atoms with van der Waals surface area (Å²) in [5, 5.41) is 7.88. The lowest BCUT2D eigenvalue weighted by Crippen LogP contribution is -2.29. The van der Waals surface area contributed by atoms with Crippen molar-refractivity contribution in [1.82, 2.24) is 15.0 Å². The van der Waals surface area contributed by atoms with Gasteiger partial charge in [0, 0.05) is 21.0 Å². The number of aryl methyl sites for hydroxylation is 1. The van der Waals surface area contributed by atoms with Gasteiger partial charge in [-0.25, -0.2) is 4.68 Å². The fourth-order valence-corrected chi connectivity index (χ4v) is 6.78. The Morgan fingerprint density at radius 1 is 1.50 bits per heavy atom. The Hall–Kier alpha value is -1.17. The van der Waals surface area contributed by atoms with E-state index in [4.69, 9.17) is 4.74 Å². The standard InChI is InChI=1S/C14H23N3O2Si/c1-20(2)6-4-11(10-20)9-19-14(18)12-3-5-17-13(7-12)8-15-16-17/h8,11-12H,3-7,9-10H2,1-2H3. The summed E-state index contributed by atoms with van der Waals surface area (Å²) in [4.78, 5) is 12.2. The molecule has 2 atom stereocenters. The Bertz CT molecular complexity index is 500. The minimum atomic E-state index is -0.964. The number of aromatic nitrogens is 3. The van der Waals surface area contributed by atoms with E-state index >= 15 is 0 Å². The maximum Gasteiger partial charge on any atom is 0.309 e. The Morgan fingerprint density at radius 2 is 2.35 bits per heavy atom. The summed E-state index contributed by atoms with van der Waals surface area (Å²) in [5.41, 5.74) is 1.05. The number of rotatable bonds is 3. The number of fused-ring (bicyclic) bond motifs is 1. The van der Waals surface area contributed by atoms with Crippen LogP contribution in [0.2, 0.25) is 25.2 Å². The number of carbonyl (C=O) groups excluding carboxylic acids is 1. The average Bonchev–Trinajstić information content (AvgIpc) is 3.01. The predicted molar refractivity (Wildman–Crippen MR) is 78.0 cm³/mol. The molecule has 20 heavy (non-hydrogen) atoms. The van der Waals surface area contributed by atoms with Gasteiger partial charge in [-0.1, -0.05) is 30.4 Å². The SMILES string of the molecule is C[Si]1(C)CCC(COC(=O)C2CCn3nncc3C2)C1. The first-order chi connectivity index (χ1) is 9.53. The van der Waals surface area contributed by atoms with Gasteiger partial charge in [0.05, 0.1) is 24.4 Å². The molecule has 6 heteroatoms. The van der Waals surface area contributed by atoms with Crippen molar-refractivity contribution in [2.24, 2.45) is 11.8 Å². The highest BCUT2D eigenvalue weighted by atomic mass is 28.3. The molecule has 0 bridgehead atoms. The van der Waals surface area contributed by atoms with Crippen molar-refractivity contribution in [3.8, 4) is 0 Å². The summed E-state index contributed by atoms with van der Waals surface area (Å²) in [6.45, 7) is 6.27. The van der Waals surface area contributed by atoms with E-state index in [1.165, 1.54) is 18.5 Å². The quantitative estimate of drug-likeness (QED) is 0.632. The molecule has 0 amide bonds. The lowest BCUT2D eigenvalue weighted by Gasteiger charge is -2.22. The highest BCUT2D eigenvalue weighted by Crippen LogP contribution is 2.35. The summed E-state index contributed by atoms with van der Waals surface area (Å²) in [5.74, 6) is 0.577. The smallest absolute Gasteiger partial charge is 0.309 e. The molecule has 0 spiro atoms. The number of carbonyl (C=O) groups is 1. The molecule has 3 heterocycles. The highest BCUT2D eigenvalue weighted by molar-refractivity contribution is 6.78. The fraction of sp³-hybridized carbons (Fsp3) is 0.786. The zero-order valence-electron chi connectivity index (χ0n) is 12.3. The van der Waals surface area contributed by atoms with E-state index in [0.29, 0.717) is 12.5 Å². The van der Waals surface area contributed by atoms with Crippen LogP contribution in [0.15, 0.2) is 6.20 Å². The van der Waals surface area contributed by atoms with Crippen molar-refractivity contribution in [1.29, 1.82) is 0 Å². The van der Waals surface area contributed by atoms with E-state index in [2.05, 4.69) is 23.4 Å². The number of hydrogen-bond acceptors (Lipinski definition) is 4. The molecule has 2 unspecified atom stereocenters. The molecule has 2 aliphatic heterocycles. The third-order valence-electron chi connectivity index (χ3n) is 4.71. The maximum absolute atomic E-state index is 12.2. The van der Waals surface area contributed by atoms with Gasteiger partial charge in [-0.05, 0) is 18.8 Å². The van der Waals surface area contributed by atoms with Crippen LogP contribution in [0, 0.1) is 11.8 Å². The van der Waals surface area contributed by atoms with Crippen LogP contribution in [-0.4, -0.2) is 35.6 Å². The molecule has 3 rings (SSSR count). The Morgan fingerprint density at radius 3 is 3.10 bits per heavy atom. The van der Waals surface area contributed by atoms with Crippen LogP contribution in [0.4, 0.5) is 0 Å². The lowest BCUT2D eigenvalue weighted by molar-refractivity contribution is -0.150. The second kappa shape index (κ2) is 5.31. The topological polar surface area (TPSA) is 57.0 Å². The van der Waals surface area contributed by atoms with Crippen molar-refractivity contribution >= 4 is 14.0 Å². The van der Waals surface area contributed by atoms with Crippen LogP contribution in [0.5, 0.6) is 0 Å². The molecule has 0 N–H and O–H groups in total. The Labute approximate surface area is 120 Å². The number of ether oxygens (including phenoxy) is 1. The molecular formula is C14H23N3O2Si. The van der Waals surface area contributed by atoms with E-state index in [-0.39, 0.29) is 11.9 Å². The van der Waals surface area contributed by atoms with E-state index in [1.54, 1.807) is 6.20 Å². The van der Waals surface area contributed by atoms with Crippen LogP contribution in [-0.2, 0) is 22.5 Å². The third-order valence-corrected chi connectivity index (χ3v) is 8.03. The van der Waals surface area contributed by atoms with Crippen LogP contribution in [0.3, 0.4) is 0 Å². The summed E-state index contributed by atoms with van der Waals surface area (Å²) >= 11 is 0. The molecule has 0 radical (unpaired) electrons. The van der Waals surface area contributed by atoms with Gasteiger partial charge in [-0.15, -0.1) is 5.10 Å². The zero-order chi connectivity index (χ0) is 14.2. The minimum absolute atomic E-state index is 0.00680. The first-order valence-electron chi connectivity index (χ1n) is 7.57. The maximum atomic E-state index is 12.2. The van der Waals surface area contributed by atoms with Gasteiger partial charge in [0.25, 0.3) is 0 Å². The number of hydrogen-bond donors (Lipinski definition) is 0. The molecule has 110 valence electrons. The monoisotopic (exact) mass is 293 g/mol. The number of esters is 1. The molecule has 0 saturated carbocycles. The molecule has 0 aromatic carbocycles. The first-order valence-corrected chi connectivity index (χ1v) is 11.0. The number of nitrogens with zero attached hydrogens (tertiary/aromatic N) is 3. The largest absolute Gasteiger partial charge is 0.465 e. The molecule has 2 aliphatic rings. The molecule has 5 nitrogen and oxygen atoms in total. The van der Waals surface area contributed by atoms with Crippen LogP contribution < -0.4 is 0 Å². The second-order valence-electron chi connectivity index (χ2n) is 7.04. The van der Waals surface area contributed by atoms with E-state index in [9.17, 15) is 4.79 Å². The molecule has 1 aromatic heterocycles. The van der Waals surface area contributed by atoms with Crippen molar-refractivity contribution in [3.63, 3.8) is 0 Å². The summed E-state index contributed by atoms with van der Waals surface area (Å²) < 4.78 is 7.47. The van der Waals surface area contributed by atoms with Gasteiger partial charge in [0.15, 0.2) is 0 Å². The van der Waals surface area contributed by atoms with Gasteiger partial charge in [0.2, 0.25) is 0 Å².